The van der Waals surface area contributed by atoms with E-state index >= 15 is 0 Å². The summed E-state index contributed by atoms with van der Waals surface area (Å²) in [6.07, 6.45) is 5.30. The lowest BCUT2D eigenvalue weighted by molar-refractivity contribution is 0.0691. The van der Waals surface area contributed by atoms with Crippen LogP contribution in [-0.4, -0.2) is 39.3 Å². The fraction of sp³-hybridized carbons (Fsp3) is 0.500. The number of nitrogens with zero attached hydrogens (tertiary/aromatic N) is 2. The largest absolute Gasteiger partial charge is 0.476 e. The van der Waals surface area contributed by atoms with Gasteiger partial charge in [0.2, 0.25) is 0 Å². The lowest BCUT2D eigenvalue weighted by atomic mass is 10.2. The van der Waals surface area contributed by atoms with Gasteiger partial charge in [-0.2, -0.15) is 0 Å². The molecule has 0 aliphatic rings. The number of carboxylic acids is 1. The van der Waals surface area contributed by atoms with Crippen LogP contribution in [0.25, 0.3) is 0 Å². The summed E-state index contributed by atoms with van der Waals surface area (Å²) in [6, 6.07) is 0. The van der Waals surface area contributed by atoms with E-state index in [0.29, 0.717) is 12.4 Å². The Labute approximate surface area is 93.4 Å². The molecule has 0 spiro atoms. The zero-order chi connectivity index (χ0) is 11.8. The number of carbonyl (C=O) groups is 1. The average molecular weight is 225 g/mol. The Kier molecular flexibility index (Phi) is 5.21. The maximum atomic E-state index is 10.8. The minimum Gasteiger partial charge on any atom is -0.476 e. The van der Waals surface area contributed by atoms with Crippen molar-refractivity contribution in [3.63, 3.8) is 0 Å². The molecule has 0 unspecified atom stereocenters. The zero-order valence-electron chi connectivity index (χ0n) is 8.89. The fourth-order valence-electron chi connectivity index (χ4n) is 1.24. The fourth-order valence-corrected chi connectivity index (χ4v) is 1.24. The van der Waals surface area contributed by atoms with Crippen LogP contribution in [-0.2, 0) is 0 Å². The van der Waals surface area contributed by atoms with Gasteiger partial charge in [-0.1, -0.05) is 0 Å². The summed E-state index contributed by atoms with van der Waals surface area (Å²) in [6.45, 7) is 0.810. The number of aliphatic hydroxyl groups is 1. The Balaban J connectivity index is 2.44. The second-order valence-electron chi connectivity index (χ2n) is 3.27. The van der Waals surface area contributed by atoms with Crippen LogP contribution in [0.4, 0.5) is 5.82 Å². The molecule has 1 aromatic heterocycles. The van der Waals surface area contributed by atoms with Crippen molar-refractivity contribution in [2.24, 2.45) is 0 Å². The van der Waals surface area contributed by atoms with Crippen molar-refractivity contribution in [3.05, 3.63) is 18.1 Å². The van der Waals surface area contributed by atoms with E-state index in [9.17, 15) is 4.79 Å². The first-order chi connectivity index (χ1) is 7.75. The molecule has 3 N–H and O–H groups in total. The van der Waals surface area contributed by atoms with Crippen molar-refractivity contribution in [3.8, 4) is 0 Å². The van der Waals surface area contributed by atoms with E-state index in [1.807, 2.05) is 0 Å². The molecule has 1 aromatic rings. The smallest absolute Gasteiger partial charge is 0.358 e. The highest BCUT2D eigenvalue weighted by Gasteiger charge is 2.11. The first kappa shape index (κ1) is 12.4. The molecular weight excluding hydrogens is 210 g/mol. The van der Waals surface area contributed by atoms with Crippen molar-refractivity contribution in [2.75, 3.05) is 18.5 Å². The number of hydrogen-bond donors (Lipinski definition) is 3. The predicted molar refractivity (Wildman–Crippen MR) is 58.4 cm³/mol. The summed E-state index contributed by atoms with van der Waals surface area (Å²) in [5.41, 5.74) is -0.0651. The summed E-state index contributed by atoms with van der Waals surface area (Å²) < 4.78 is 0. The lowest BCUT2D eigenvalue weighted by Crippen LogP contribution is -2.11. The van der Waals surface area contributed by atoms with Crippen LogP contribution in [0, 0.1) is 0 Å². The van der Waals surface area contributed by atoms with Crippen LogP contribution < -0.4 is 5.32 Å². The molecule has 0 aromatic carbocycles. The van der Waals surface area contributed by atoms with Gasteiger partial charge in [-0.25, -0.2) is 14.8 Å². The summed E-state index contributed by atoms with van der Waals surface area (Å²) in [7, 11) is 0. The minimum absolute atomic E-state index is 0.0651. The second-order valence-corrected chi connectivity index (χ2v) is 3.27. The van der Waals surface area contributed by atoms with Crippen LogP contribution in [0.2, 0.25) is 0 Å². The molecule has 0 amide bonds. The molecule has 0 radical (unpaired) electrons. The van der Waals surface area contributed by atoms with Crippen molar-refractivity contribution in [1.82, 2.24) is 9.97 Å². The molecule has 16 heavy (non-hydrogen) atoms. The second kappa shape index (κ2) is 6.73. The Morgan fingerprint density at radius 2 is 2.00 bits per heavy atom. The van der Waals surface area contributed by atoms with Gasteiger partial charge in [-0.15, -0.1) is 0 Å². The highest BCUT2D eigenvalue weighted by atomic mass is 16.4. The molecule has 0 atom stereocenters. The van der Waals surface area contributed by atoms with E-state index in [2.05, 4.69) is 15.3 Å². The van der Waals surface area contributed by atoms with Crippen LogP contribution in [0.1, 0.15) is 29.8 Å². The van der Waals surface area contributed by atoms with E-state index < -0.39 is 5.97 Å². The molecule has 0 fully saturated rings. The van der Waals surface area contributed by atoms with Gasteiger partial charge in [0.05, 0.1) is 0 Å². The molecule has 1 heterocycles. The van der Waals surface area contributed by atoms with Crippen LogP contribution in [0.3, 0.4) is 0 Å². The van der Waals surface area contributed by atoms with E-state index in [1.54, 1.807) is 0 Å². The quantitative estimate of drug-likeness (QED) is 0.593. The summed E-state index contributed by atoms with van der Waals surface area (Å²) in [5.74, 6) is -0.801. The number of carboxylic acid groups (broad SMARTS) is 1. The van der Waals surface area contributed by atoms with Gasteiger partial charge >= 0.3 is 5.97 Å². The van der Waals surface area contributed by atoms with Gasteiger partial charge in [0.15, 0.2) is 11.5 Å². The van der Waals surface area contributed by atoms with Crippen LogP contribution >= 0.6 is 0 Å². The standard InChI is InChI=1S/C10H15N3O3/c14-7-3-1-2-4-12-9-8(10(15)16)11-5-6-13-9/h5-6,14H,1-4,7H2,(H,12,13)(H,15,16). The number of hydrogen-bond acceptors (Lipinski definition) is 5. The minimum atomic E-state index is -1.09. The molecule has 0 aliphatic carbocycles. The molecule has 0 saturated heterocycles. The van der Waals surface area contributed by atoms with E-state index in [0.717, 1.165) is 19.3 Å². The van der Waals surface area contributed by atoms with Crippen molar-refractivity contribution in [1.29, 1.82) is 0 Å². The van der Waals surface area contributed by atoms with E-state index in [1.165, 1.54) is 12.4 Å². The van der Waals surface area contributed by atoms with Gasteiger partial charge in [-0.05, 0) is 19.3 Å². The first-order valence-corrected chi connectivity index (χ1v) is 5.14. The molecule has 1 rings (SSSR count). The van der Waals surface area contributed by atoms with Gasteiger partial charge in [0.25, 0.3) is 0 Å². The number of aromatic nitrogens is 2. The maximum absolute atomic E-state index is 10.8. The number of aliphatic hydroxyl groups excluding tert-OH is 1. The lowest BCUT2D eigenvalue weighted by Gasteiger charge is -2.06. The summed E-state index contributed by atoms with van der Waals surface area (Å²) >= 11 is 0. The number of aromatic carboxylic acids is 1. The van der Waals surface area contributed by atoms with Crippen LogP contribution in [0.5, 0.6) is 0 Å². The topological polar surface area (TPSA) is 95.3 Å². The molecule has 6 nitrogen and oxygen atoms in total. The van der Waals surface area contributed by atoms with Crippen LogP contribution in [0.15, 0.2) is 12.4 Å². The Morgan fingerprint density at radius 3 is 2.69 bits per heavy atom. The van der Waals surface area contributed by atoms with E-state index in [4.69, 9.17) is 10.2 Å². The third kappa shape index (κ3) is 3.82. The maximum Gasteiger partial charge on any atom is 0.358 e. The van der Waals surface area contributed by atoms with E-state index in [-0.39, 0.29) is 12.3 Å². The molecule has 6 heteroatoms. The number of rotatable bonds is 7. The third-order valence-electron chi connectivity index (χ3n) is 2.03. The summed E-state index contributed by atoms with van der Waals surface area (Å²) in [5, 5.41) is 20.3. The highest BCUT2D eigenvalue weighted by molar-refractivity contribution is 5.90. The highest BCUT2D eigenvalue weighted by Crippen LogP contribution is 2.08. The normalized spacial score (nSPS) is 10.1. The summed E-state index contributed by atoms with van der Waals surface area (Å²) in [4.78, 5) is 18.4. The molecule has 0 saturated carbocycles. The van der Waals surface area contributed by atoms with Crippen molar-refractivity contribution in [2.45, 2.75) is 19.3 Å². The average Bonchev–Trinajstić information content (AvgIpc) is 2.29. The Bertz CT molecular complexity index is 344. The SMILES string of the molecule is O=C(O)c1nccnc1NCCCCCO. The Hall–Kier alpha value is -1.69. The van der Waals surface area contributed by atoms with Crippen molar-refractivity contribution < 1.29 is 15.0 Å². The first-order valence-electron chi connectivity index (χ1n) is 5.14. The molecule has 0 bridgehead atoms. The Morgan fingerprint density at radius 1 is 1.25 bits per heavy atom. The third-order valence-corrected chi connectivity index (χ3v) is 2.03. The van der Waals surface area contributed by atoms with Gasteiger partial charge in [0.1, 0.15) is 0 Å². The molecule has 88 valence electrons. The van der Waals surface area contributed by atoms with Crippen molar-refractivity contribution >= 4 is 11.8 Å². The van der Waals surface area contributed by atoms with Gasteiger partial charge in [-0.3, -0.25) is 0 Å². The molecule has 0 aliphatic heterocycles. The number of anilines is 1. The predicted octanol–water partition coefficient (Wildman–Crippen LogP) is 0.749. The monoisotopic (exact) mass is 225 g/mol. The zero-order valence-corrected chi connectivity index (χ0v) is 8.89. The number of nitrogens with one attached hydrogen (secondary N) is 1. The van der Waals surface area contributed by atoms with Gasteiger partial charge in [0, 0.05) is 25.5 Å². The molecular formula is C10H15N3O3. The number of unbranched alkanes of at least 4 members (excludes halogenated alkanes) is 2. The van der Waals surface area contributed by atoms with Gasteiger partial charge < -0.3 is 15.5 Å².